The molecular weight excluding hydrogens is 568 g/mol. The Balaban J connectivity index is 2.25. The number of rotatable bonds is 18. The van der Waals surface area contributed by atoms with Gasteiger partial charge in [-0.15, -0.1) is 11.8 Å². The Hall–Kier alpha value is -2.93. The number of hydrogen-bond donors (Lipinski definition) is 4. The summed E-state index contributed by atoms with van der Waals surface area (Å²) in [6, 6.07) is 7.91. The van der Waals surface area contributed by atoms with Gasteiger partial charge >= 0.3 is 0 Å². The van der Waals surface area contributed by atoms with Crippen molar-refractivity contribution in [2.75, 3.05) is 34.2 Å². The van der Waals surface area contributed by atoms with Crippen LogP contribution in [0.5, 0.6) is 0 Å². The number of carbonyl (C=O) groups is 3. The average Bonchev–Trinajstić information content (AvgIpc) is 3.01. The number of benzene rings is 1. The molecule has 5 atom stereocenters. The van der Waals surface area contributed by atoms with Crippen LogP contribution in [0.25, 0.3) is 0 Å². The topological polar surface area (TPSA) is 122 Å². The first-order valence-corrected chi connectivity index (χ1v) is 16.7. The summed E-state index contributed by atoms with van der Waals surface area (Å²) in [5.41, 5.74) is 0.922. The van der Waals surface area contributed by atoms with Crippen molar-refractivity contribution < 1.29 is 24.6 Å². The molecule has 1 aromatic carbocycles. The zero-order chi connectivity index (χ0) is 33.4. The van der Waals surface area contributed by atoms with E-state index < -0.39 is 42.0 Å². The zero-order valence-corrected chi connectivity index (χ0v) is 28.4. The van der Waals surface area contributed by atoms with Crippen LogP contribution in [-0.2, 0) is 20.8 Å². The molecule has 0 aromatic heterocycles. The fourth-order valence-electron chi connectivity index (χ4n) is 5.94. The van der Waals surface area contributed by atoms with Crippen molar-refractivity contribution in [1.82, 2.24) is 20.4 Å². The largest absolute Gasteiger partial charge is 0.390 e. The van der Waals surface area contributed by atoms with Crippen molar-refractivity contribution >= 4 is 17.7 Å². The molecule has 0 spiro atoms. The average molecular weight is 627 g/mol. The molecule has 0 aliphatic heterocycles. The minimum absolute atomic E-state index is 0.00284. The van der Waals surface area contributed by atoms with Crippen molar-refractivity contribution in [2.24, 2.45) is 17.8 Å². The fourth-order valence-corrected chi connectivity index (χ4v) is 5.94. The van der Waals surface area contributed by atoms with Crippen molar-refractivity contribution in [3.05, 3.63) is 35.9 Å². The lowest BCUT2D eigenvalue weighted by atomic mass is 9.82. The van der Waals surface area contributed by atoms with Gasteiger partial charge in [-0.25, -0.2) is 0 Å². The van der Waals surface area contributed by atoms with Crippen molar-refractivity contribution in [3.63, 3.8) is 0 Å². The Morgan fingerprint density at radius 1 is 0.956 bits per heavy atom. The van der Waals surface area contributed by atoms with Gasteiger partial charge in [-0.2, -0.15) is 0 Å². The normalized spacial score (nSPS) is 17.0. The number of aliphatic hydroxyl groups is 2. The molecule has 0 saturated heterocycles. The van der Waals surface area contributed by atoms with Gasteiger partial charge < -0.3 is 30.6 Å². The molecule has 1 saturated carbocycles. The van der Waals surface area contributed by atoms with Crippen LogP contribution in [0, 0.1) is 29.6 Å². The van der Waals surface area contributed by atoms with E-state index in [1.54, 1.807) is 18.9 Å². The van der Waals surface area contributed by atoms with E-state index in [0.717, 1.165) is 31.2 Å². The second-order valence-electron chi connectivity index (χ2n) is 13.4. The molecule has 252 valence electrons. The summed E-state index contributed by atoms with van der Waals surface area (Å²) in [6.07, 6.45) is 4.78. The summed E-state index contributed by atoms with van der Waals surface area (Å²) >= 11 is 0. The molecule has 45 heavy (non-hydrogen) atoms. The molecule has 0 radical (unpaired) electrons. The van der Waals surface area contributed by atoms with Crippen LogP contribution in [0.2, 0.25) is 0 Å². The number of aliphatic hydroxyl groups excluding tert-OH is 2. The Morgan fingerprint density at radius 2 is 1.62 bits per heavy atom. The van der Waals surface area contributed by atoms with Crippen LogP contribution >= 0.6 is 0 Å². The number of hydrogen-bond acceptors (Lipinski definition) is 6. The van der Waals surface area contributed by atoms with E-state index in [1.165, 1.54) is 6.42 Å². The summed E-state index contributed by atoms with van der Waals surface area (Å²) < 4.78 is 0. The standard InChI is InChI=1S/C36H58N4O5/c1-7-8-19-30(36(45)38-31(24-28-17-13-10-14-18-28)34(43)32(41)22-26(2)3)37-35(44)29(23-27-15-11-9-12-16-27)25-33(42)40(6)21-20-39(4)5/h9,11-12,15-16,26,28-32,34,41,43H,10,13-14,17-25H2,1-6H3,(H,37,44)(H,38,45)/t29?,30-,31?,32?,34+/m0/s1. The fraction of sp³-hybridized carbons (Fsp3) is 0.694. The third kappa shape index (κ3) is 14.4. The van der Waals surface area contributed by atoms with Crippen LogP contribution < -0.4 is 10.6 Å². The van der Waals surface area contributed by atoms with E-state index in [4.69, 9.17) is 0 Å². The zero-order valence-electron chi connectivity index (χ0n) is 28.4. The Kier molecular flexibility index (Phi) is 17.2. The van der Waals surface area contributed by atoms with Crippen LogP contribution in [0.4, 0.5) is 0 Å². The van der Waals surface area contributed by atoms with Gasteiger partial charge in [0, 0.05) is 33.0 Å². The second kappa shape index (κ2) is 20.2. The van der Waals surface area contributed by atoms with Gasteiger partial charge in [-0.1, -0.05) is 76.3 Å². The van der Waals surface area contributed by atoms with E-state index in [0.29, 0.717) is 38.3 Å². The van der Waals surface area contributed by atoms with Gasteiger partial charge in [-0.3, -0.25) is 14.4 Å². The van der Waals surface area contributed by atoms with E-state index in [1.807, 2.05) is 63.2 Å². The minimum Gasteiger partial charge on any atom is -0.390 e. The maximum atomic E-state index is 13.8. The number of nitrogens with one attached hydrogen (secondary N) is 2. The highest BCUT2D eigenvalue weighted by atomic mass is 16.3. The number of likely N-dealkylation sites (N-methyl/N-ethyl adjacent to an activating group) is 2. The molecule has 9 heteroatoms. The Morgan fingerprint density at radius 3 is 2.22 bits per heavy atom. The molecule has 0 heterocycles. The summed E-state index contributed by atoms with van der Waals surface area (Å²) in [6.45, 7) is 6.88. The van der Waals surface area contributed by atoms with E-state index in [2.05, 4.69) is 22.5 Å². The van der Waals surface area contributed by atoms with Gasteiger partial charge in [-0.05, 0) is 57.7 Å². The Bertz CT molecular complexity index is 1090. The molecule has 3 unspecified atom stereocenters. The Labute approximate surface area is 271 Å². The highest BCUT2D eigenvalue weighted by molar-refractivity contribution is 5.91. The lowest BCUT2D eigenvalue weighted by molar-refractivity contribution is -0.137. The predicted molar refractivity (Wildman–Crippen MR) is 179 cm³/mol. The van der Waals surface area contributed by atoms with E-state index >= 15 is 0 Å². The highest BCUT2D eigenvalue weighted by Crippen LogP contribution is 2.29. The summed E-state index contributed by atoms with van der Waals surface area (Å²) in [5.74, 6) is 4.59. The molecule has 3 amide bonds. The summed E-state index contributed by atoms with van der Waals surface area (Å²) in [7, 11) is 5.62. The molecular formula is C36H58N4O5. The maximum Gasteiger partial charge on any atom is 0.243 e. The third-order valence-electron chi connectivity index (χ3n) is 8.70. The van der Waals surface area contributed by atoms with Crippen LogP contribution in [0.1, 0.15) is 84.1 Å². The highest BCUT2D eigenvalue weighted by Gasteiger charge is 2.34. The lowest BCUT2D eigenvalue weighted by Gasteiger charge is -2.33. The first-order valence-electron chi connectivity index (χ1n) is 16.7. The van der Waals surface area contributed by atoms with Crippen molar-refractivity contribution in [1.29, 1.82) is 0 Å². The van der Waals surface area contributed by atoms with Crippen LogP contribution in [0.3, 0.4) is 0 Å². The van der Waals surface area contributed by atoms with Crippen LogP contribution in [0.15, 0.2) is 30.3 Å². The van der Waals surface area contributed by atoms with Gasteiger partial charge in [0.05, 0.1) is 18.1 Å². The molecule has 9 nitrogen and oxygen atoms in total. The first kappa shape index (κ1) is 38.3. The molecule has 1 aliphatic rings. The molecule has 0 bridgehead atoms. The molecule has 2 rings (SSSR count). The molecule has 1 fully saturated rings. The van der Waals surface area contributed by atoms with Crippen LogP contribution in [-0.4, -0.2) is 96.3 Å². The van der Waals surface area contributed by atoms with Gasteiger partial charge in [0.15, 0.2) is 0 Å². The van der Waals surface area contributed by atoms with Gasteiger partial charge in [0.1, 0.15) is 12.1 Å². The maximum absolute atomic E-state index is 13.8. The van der Waals surface area contributed by atoms with Crippen molar-refractivity contribution in [2.45, 2.75) is 109 Å². The van der Waals surface area contributed by atoms with E-state index in [9.17, 15) is 24.6 Å². The van der Waals surface area contributed by atoms with Gasteiger partial charge in [0.25, 0.3) is 0 Å². The number of carbonyl (C=O) groups excluding carboxylic acids is 3. The minimum atomic E-state index is -1.13. The first-order chi connectivity index (χ1) is 21.4. The number of amides is 3. The molecule has 4 N–H and O–H groups in total. The third-order valence-corrected chi connectivity index (χ3v) is 8.70. The summed E-state index contributed by atoms with van der Waals surface area (Å²) in [4.78, 5) is 44.4. The van der Waals surface area contributed by atoms with E-state index in [-0.39, 0.29) is 24.7 Å². The molecule has 1 aliphatic carbocycles. The smallest absolute Gasteiger partial charge is 0.243 e. The SMILES string of the molecule is CC#CC[C@H](NC(=O)C(CC(=O)N(C)CCN(C)C)Cc1ccccc1)C(=O)NC(CC1CCCCC1)[C@@H](O)C(O)CC(C)C. The monoisotopic (exact) mass is 626 g/mol. The molecule has 1 aromatic rings. The van der Waals surface area contributed by atoms with Gasteiger partial charge in [0.2, 0.25) is 17.7 Å². The second-order valence-corrected chi connectivity index (χ2v) is 13.4. The summed E-state index contributed by atoms with van der Waals surface area (Å²) in [5, 5.41) is 27.9. The lowest BCUT2D eigenvalue weighted by Crippen LogP contribution is -2.56. The quantitative estimate of drug-likeness (QED) is 0.186. The number of nitrogens with zero attached hydrogens (tertiary/aromatic N) is 2. The van der Waals surface area contributed by atoms with Crippen molar-refractivity contribution in [3.8, 4) is 11.8 Å². The predicted octanol–water partition coefficient (Wildman–Crippen LogP) is 3.38.